The molecule has 1 aromatic carbocycles. The zero-order chi connectivity index (χ0) is 15.8. The number of carbonyl (C=O) groups is 2. The smallest absolute Gasteiger partial charge is 0.404 e. The van der Waals surface area contributed by atoms with Gasteiger partial charge in [-0.05, 0) is 13.0 Å². The monoisotopic (exact) mass is 296 g/mol. The zero-order valence-electron chi connectivity index (χ0n) is 11.4. The van der Waals surface area contributed by atoms with Gasteiger partial charge in [0.05, 0.1) is 17.0 Å². The third-order valence-electron chi connectivity index (χ3n) is 2.47. The maximum Gasteiger partial charge on any atom is 0.404 e. The summed E-state index contributed by atoms with van der Waals surface area (Å²) in [7, 11) is 0. The van der Waals surface area contributed by atoms with E-state index in [0.717, 1.165) is 0 Å². The molecule has 0 bridgehead atoms. The Balaban J connectivity index is 2.85. The van der Waals surface area contributed by atoms with Crippen LogP contribution in [0.2, 0.25) is 0 Å². The van der Waals surface area contributed by atoms with E-state index in [1.165, 1.54) is 18.2 Å². The first kappa shape index (κ1) is 16.2. The maximum absolute atomic E-state index is 12.0. The number of nitrogens with one attached hydrogen (secondary N) is 2. The highest BCUT2D eigenvalue weighted by Crippen LogP contribution is 2.28. The van der Waals surface area contributed by atoms with Crippen LogP contribution in [0.5, 0.6) is 0 Å². The standard InChI is InChI=1S/C12H16N4O5/c1-2-14-10-8(4-3-5-9(10)16(19)20)11(17)15-6-7-21-12(13)18/h3-5,14H,2,6-7H2,1H3,(H2,13,18)(H,15,17). The molecule has 1 rings (SSSR count). The average molecular weight is 296 g/mol. The van der Waals surface area contributed by atoms with Crippen LogP contribution in [0.3, 0.4) is 0 Å². The van der Waals surface area contributed by atoms with Gasteiger partial charge >= 0.3 is 6.09 Å². The topological polar surface area (TPSA) is 137 Å². The van der Waals surface area contributed by atoms with Crippen molar-refractivity contribution in [2.24, 2.45) is 5.73 Å². The normalized spacial score (nSPS) is 9.76. The fraction of sp³-hybridized carbons (Fsp3) is 0.333. The number of anilines is 1. The van der Waals surface area contributed by atoms with Gasteiger partial charge in [-0.25, -0.2) is 4.79 Å². The number of ether oxygens (including phenoxy) is 1. The van der Waals surface area contributed by atoms with E-state index < -0.39 is 16.9 Å². The van der Waals surface area contributed by atoms with Crippen molar-refractivity contribution in [3.8, 4) is 0 Å². The van der Waals surface area contributed by atoms with Crippen LogP contribution in [0.15, 0.2) is 18.2 Å². The Bertz CT molecular complexity index is 546. The Kier molecular flexibility index (Phi) is 5.93. The largest absolute Gasteiger partial charge is 0.448 e. The Hall–Kier alpha value is -2.84. The molecule has 0 aliphatic rings. The molecule has 0 aromatic heterocycles. The molecule has 0 aliphatic heterocycles. The van der Waals surface area contributed by atoms with Crippen LogP contribution in [0, 0.1) is 10.1 Å². The number of nitro groups is 1. The first-order valence-electron chi connectivity index (χ1n) is 6.19. The number of carbonyl (C=O) groups excluding carboxylic acids is 2. The first-order valence-corrected chi connectivity index (χ1v) is 6.19. The van der Waals surface area contributed by atoms with Gasteiger partial charge < -0.3 is 21.1 Å². The van der Waals surface area contributed by atoms with Crippen LogP contribution in [0.4, 0.5) is 16.2 Å². The predicted molar refractivity (Wildman–Crippen MR) is 75.1 cm³/mol. The van der Waals surface area contributed by atoms with Crippen LogP contribution < -0.4 is 16.4 Å². The molecule has 2 amide bonds. The number of benzene rings is 1. The van der Waals surface area contributed by atoms with E-state index in [2.05, 4.69) is 15.4 Å². The number of nitrogens with zero attached hydrogens (tertiary/aromatic N) is 1. The van der Waals surface area contributed by atoms with Crippen LogP contribution in [0.1, 0.15) is 17.3 Å². The van der Waals surface area contributed by atoms with Crippen molar-refractivity contribution in [2.75, 3.05) is 25.0 Å². The number of nitrogens with two attached hydrogens (primary N) is 1. The number of primary amides is 1. The van der Waals surface area contributed by atoms with Crippen molar-refractivity contribution in [2.45, 2.75) is 6.92 Å². The molecule has 21 heavy (non-hydrogen) atoms. The van der Waals surface area contributed by atoms with E-state index >= 15 is 0 Å². The summed E-state index contributed by atoms with van der Waals surface area (Å²) in [6, 6.07) is 4.20. The Morgan fingerprint density at radius 3 is 2.71 bits per heavy atom. The van der Waals surface area contributed by atoms with Gasteiger partial charge in [-0.2, -0.15) is 0 Å². The zero-order valence-corrected chi connectivity index (χ0v) is 11.4. The quantitative estimate of drug-likeness (QED) is 0.387. The molecule has 0 fully saturated rings. The number of rotatable bonds is 7. The molecular formula is C12H16N4O5. The van der Waals surface area contributed by atoms with Gasteiger partial charge in [-0.15, -0.1) is 0 Å². The molecule has 0 atom stereocenters. The molecule has 9 nitrogen and oxygen atoms in total. The molecule has 0 radical (unpaired) electrons. The van der Waals surface area contributed by atoms with Crippen LogP contribution in [-0.4, -0.2) is 36.6 Å². The van der Waals surface area contributed by atoms with Crippen molar-refractivity contribution < 1.29 is 19.2 Å². The van der Waals surface area contributed by atoms with E-state index in [4.69, 9.17) is 5.73 Å². The van der Waals surface area contributed by atoms with Crippen LogP contribution in [-0.2, 0) is 4.74 Å². The summed E-state index contributed by atoms with van der Waals surface area (Å²) in [6.45, 7) is 2.16. The highest BCUT2D eigenvalue weighted by molar-refractivity contribution is 6.01. The van der Waals surface area contributed by atoms with Crippen molar-refractivity contribution in [1.82, 2.24) is 5.32 Å². The van der Waals surface area contributed by atoms with Gasteiger partial charge in [-0.3, -0.25) is 14.9 Å². The first-order chi connectivity index (χ1) is 9.97. The summed E-state index contributed by atoms with van der Waals surface area (Å²) in [4.78, 5) is 32.8. The lowest BCUT2D eigenvalue weighted by molar-refractivity contribution is -0.384. The van der Waals surface area contributed by atoms with E-state index in [0.29, 0.717) is 6.54 Å². The lowest BCUT2D eigenvalue weighted by Crippen LogP contribution is -2.29. The second kappa shape index (κ2) is 7.68. The summed E-state index contributed by atoms with van der Waals surface area (Å²) < 4.78 is 4.47. The molecule has 0 aliphatic carbocycles. The fourth-order valence-corrected chi connectivity index (χ4v) is 1.66. The van der Waals surface area contributed by atoms with Gasteiger partial charge in [0.2, 0.25) is 0 Å². The summed E-state index contributed by atoms with van der Waals surface area (Å²) in [5, 5.41) is 16.3. The summed E-state index contributed by atoms with van der Waals surface area (Å²) >= 11 is 0. The highest BCUT2D eigenvalue weighted by Gasteiger charge is 2.20. The van der Waals surface area contributed by atoms with E-state index in [9.17, 15) is 19.7 Å². The molecule has 0 saturated heterocycles. The van der Waals surface area contributed by atoms with E-state index in [1.54, 1.807) is 6.92 Å². The molecule has 4 N–H and O–H groups in total. The number of para-hydroxylation sites is 1. The Labute approximate surface area is 120 Å². The highest BCUT2D eigenvalue weighted by atomic mass is 16.6. The van der Waals surface area contributed by atoms with Crippen molar-refractivity contribution >= 4 is 23.4 Å². The molecular weight excluding hydrogens is 280 g/mol. The van der Waals surface area contributed by atoms with E-state index in [-0.39, 0.29) is 30.1 Å². The molecule has 1 aromatic rings. The number of amides is 2. The summed E-state index contributed by atoms with van der Waals surface area (Å²) in [6.07, 6.45) is -0.937. The van der Waals surface area contributed by atoms with E-state index in [1.807, 2.05) is 0 Å². The summed E-state index contributed by atoms with van der Waals surface area (Å²) in [5.41, 5.74) is 4.89. The lowest BCUT2D eigenvalue weighted by Gasteiger charge is -2.11. The number of hydrogen-bond donors (Lipinski definition) is 3. The van der Waals surface area contributed by atoms with Gasteiger partial charge in [-0.1, -0.05) is 6.07 Å². The third kappa shape index (κ3) is 4.64. The van der Waals surface area contributed by atoms with Gasteiger partial charge in [0.1, 0.15) is 12.3 Å². The molecule has 114 valence electrons. The Morgan fingerprint density at radius 2 is 2.14 bits per heavy atom. The van der Waals surface area contributed by atoms with Gasteiger partial charge in [0.25, 0.3) is 11.6 Å². The van der Waals surface area contributed by atoms with Gasteiger partial charge in [0.15, 0.2) is 0 Å². The minimum absolute atomic E-state index is 0.0516. The average Bonchev–Trinajstić information content (AvgIpc) is 2.43. The number of hydrogen-bond acceptors (Lipinski definition) is 6. The summed E-state index contributed by atoms with van der Waals surface area (Å²) in [5.74, 6) is -0.511. The molecule has 0 spiro atoms. The third-order valence-corrected chi connectivity index (χ3v) is 2.47. The lowest BCUT2D eigenvalue weighted by atomic mass is 10.1. The van der Waals surface area contributed by atoms with Crippen molar-refractivity contribution in [3.63, 3.8) is 0 Å². The molecule has 0 saturated carbocycles. The van der Waals surface area contributed by atoms with Crippen molar-refractivity contribution in [1.29, 1.82) is 0 Å². The van der Waals surface area contributed by atoms with Crippen LogP contribution in [0.25, 0.3) is 0 Å². The molecule has 0 unspecified atom stereocenters. The Morgan fingerprint density at radius 1 is 1.43 bits per heavy atom. The minimum atomic E-state index is -0.937. The molecule has 9 heteroatoms. The SMILES string of the molecule is CCNc1c(C(=O)NCCOC(N)=O)cccc1[N+](=O)[O-]. The minimum Gasteiger partial charge on any atom is -0.448 e. The van der Waals surface area contributed by atoms with Gasteiger partial charge in [0, 0.05) is 12.6 Å². The van der Waals surface area contributed by atoms with Crippen LogP contribution >= 0.6 is 0 Å². The second-order valence-corrected chi connectivity index (χ2v) is 3.91. The predicted octanol–water partition coefficient (Wildman–Crippen LogP) is 0.852. The molecule has 0 heterocycles. The number of nitro benzene ring substituents is 1. The fourth-order valence-electron chi connectivity index (χ4n) is 1.66. The maximum atomic E-state index is 12.0. The second-order valence-electron chi connectivity index (χ2n) is 3.91. The van der Waals surface area contributed by atoms with Crippen molar-refractivity contribution in [3.05, 3.63) is 33.9 Å².